The van der Waals surface area contributed by atoms with Crippen LogP contribution in [0.2, 0.25) is 0 Å². The average Bonchev–Trinajstić information content (AvgIpc) is 3.48. The van der Waals surface area contributed by atoms with E-state index in [4.69, 9.17) is 5.10 Å². The topological polar surface area (TPSA) is 92.4 Å². The van der Waals surface area contributed by atoms with Crippen LogP contribution in [0, 0.1) is 17.8 Å². The summed E-state index contributed by atoms with van der Waals surface area (Å²) in [6, 6.07) is 0.123. The van der Waals surface area contributed by atoms with Crippen LogP contribution in [-0.2, 0) is 6.42 Å². The Morgan fingerprint density at radius 1 is 0.758 bits per heavy atom. The van der Waals surface area contributed by atoms with Crippen molar-refractivity contribution in [2.24, 2.45) is 17.8 Å². The summed E-state index contributed by atoms with van der Waals surface area (Å²) in [6.45, 7) is 0. The Labute approximate surface area is 195 Å². The minimum absolute atomic E-state index is 0.0139. The van der Waals surface area contributed by atoms with E-state index in [2.05, 4.69) is 0 Å². The number of rotatable bonds is 7. The molecule has 0 amide bonds. The first kappa shape index (κ1) is 22.7. The third-order valence-electron chi connectivity index (χ3n) is 8.90. The van der Waals surface area contributed by atoms with E-state index in [1.54, 1.807) is 0 Å². The van der Waals surface area contributed by atoms with Gasteiger partial charge in [-0.05, 0) is 56.3 Å². The van der Waals surface area contributed by atoms with Crippen LogP contribution in [0.5, 0.6) is 11.6 Å². The second-order valence-corrected chi connectivity index (χ2v) is 10.9. The molecule has 180 valence electrons. The van der Waals surface area contributed by atoms with Crippen molar-refractivity contribution in [2.75, 3.05) is 0 Å². The fourth-order valence-electron chi connectivity index (χ4n) is 7.10. The van der Waals surface area contributed by atoms with Crippen LogP contribution >= 0.6 is 0 Å². The summed E-state index contributed by atoms with van der Waals surface area (Å²) < 4.78 is 1.82. The summed E-state index contributed by atoms with van der Waals surface area (Å²) in [5, 5.41) is 26.7. The van der Waals surface area contributed by atoms with Crippen LogP contribution in [0.25, 0.3) is 11.1 Å². The van der Waals surface area contributed by atoms with E-state index in [1.165, 1.54) is 64.2 Å². The molecule has 0 spiro atoms. The van der Waals surface area contributed by atoms with Gasteiger partial charge in [0.05, 0.1) is 22.9 Å². The molecule has 33 heavy (non-hydrogen) atoms. The largest absolute Gasteiger partial charge is 0.503 e. The highest BCUT2D eigenvalue weighted by atomic mass is 16.3. The van der Waals surface area contributed by atoms with Crippen molar-refractivity contribution in [3.05, 3.63) is 26.1 Å². The molecule has 1 aromatic heterocycles. The highest BCUT2D eigenvalue weighted by molar-refractivity contribution is 5.79. The first-order valence-corrected chi connectivity index (χ1v) is 13.4. The van der Waals surface area contributed by atoms with Gasteiger partial charge in [0, 0.05) is 0 Å². The highest BCUT2D eigenvalue weighted by Crippen LogP contribution is 2.47. The molecule has 0 unspecified atom stereocenters. The lowest BCUT2D eigenvalue weighted by atomic mass is 9.74. The molecular weight excluding hydrogens is 416 g/mol. The summed E-state index contributed by atoms with van der Waals surface area (Å²) in [4.78, 5) is 24.2. The van der Waals surface area contributed by atoms with Crippen LogP contribution in [0.4, 0.5) is 0 Å². The fraction of sp³-hybridized carbons (Fsp3) is 0.741. The molecule has 3 saturated carbocycles. The van der Waals surface area contributed by atoms with Gasteiger partial charge in [-0.3, -0.25) is 9.59 Å². The zero-order valence-electron chi connectivity index (χ0n) is 19.7. The van der Waals surface area contributed by atoms with E-state index in [-0.39, 0.29) is 17.5 Å². The number of aromatic hydroxyl groups is 2. The standard InChI is InChI=1S/C27H38N2O4/c30-24-22(25(31)26(24)32)21-20(16-15-17-9-7-8-10-17)28-29(27(21)33)23(18-11-3-1-4-12-18)19-13-5-2-6-14-19/h17-19,23,30,33H,1-16H2. The van der Waals surface area contributed by atoms with E-state index in [0.29, 0.717) is 35.4 Å². The number of hydrogen-bond donors (Lipinski definition) is 2. The summed E-state index contributed by atoms with van der Waals surface area (Å²) in [5.74, 6) is 1.08. The van der Waals surface area contributed by atoms with Gasteiger partial charge >= 0.3 is 0 Å². The molecule has 3 fully saturated rings. The molecule has 5 rings (SSSR count). The van der Waals surface area contributed by atoms with E-state index >= 15 is 0 Å². The molecule has 0 bridgehead atoms. The molecule has 1 heterocycles. The van der Waals surface area contributed by atoms with Crippen LogP contribution < -0.4 is 10.9 Å². The first-order valence-electron chi connectivity index (χ1n) is 13.4. The Morgan fingerprint density at radius 2 is 1.30 bits per heavy atom. The van der Waals surface area contributed by atoms with Crippen molar-refractivity contribution >= 4 is 0 Å². The normalized spacial score (nSPS) is 21.5. The highest BCUT2D eigenvalue weighted by Gasteiger charge is 2.38. The number of aryl methyl sites for hydroxylation is 1. The Morgan fingerprint density at radius 3 is 1.85 bits per heavy atom. The van der Waals surface area contributed by atoms with E-state index in [9.17, 15) is 19.8 Å². The predicted molar refractivity (Wildman–Crippen MR) is 128 cm³/mol. The molecule has 1 aromatic carbocycles. The lowest BCUT2D eigenvalue weighted by Crippen LogP contribution is -2.32. The molecule has 2 aromatic rings. The Kier molecular flexibility index (Phi) is 6.62. The van der Waals surface area contributed by atoms with E-state index in [0.717, 1.165) is 32.1 Å². The Hall–Kier alpha value is -2.11. The molecule has 0 aliphatic heterocycles. The predicted octanol–water partition coefficient (Wildman–Crippen LogP) is 5.38. The van der Waals surface area contributed by atoms with Crippen molar-refractivity contribution in [1.82, 2.24) is 9.78 Å². The van der Waals surface area contributed by atoms with Crippen molar-refractivity contribution in [2.45, 2.75) is 109 Å². The number of nitrogens with zero attached hydrogens (tertiary/aromatic N) is 2. The Bertz CT molecular complexity index is 1010. The quantitative estimate of drug-likeness (QED) is 0.548. The van der Waals surface area contributed by atoms with E-state index in [1.807, 2.05) is 4.68 Å². The van der Waals surface area contributed by atoms with Crippen molar-refractivity contribution in [3.8, 4) is 22.8 Å². The van der Waals surface area contributed by atoms with Gasteiger partial charge in [0.25, 0.3) is 5.43 Å². The maximum absolute atomic E-state index is 12.4. The lowest BCUT2D eigenvalue weighted by molar-refractivity contribution is 0.128. The van der Waals surface area contributed by atoms with E-state index < -0.39 is 16.6 Å². The van der Waals surface area contributed by atoms with Gasteiger partial charge in [0.2, 0.25) is 11.3 Å². The minimum atomic E-state index is -0.852. The maximum Gasteiger partial charge on any atom is 0.268 e. The zero-order chi connectivity index (χ0) is 22.9. The van der Waals surface area contributed by atoms with Gasteiger partial charge in [-0.25, -0.2) is 4.68 Å². The maximum atomic E-state index is 12.4. The lowest BCUT2D eigenvalue weighted by Gasteiger charge is -2.38. The van der Waals surface area contributed by atoms with Gasteiger partial charge in [-0.2, -0.15) is 5.10 Å². The summed E-state index contributed by atoms with van der Waals surface area (Å²) in [7, 11) is 0. The van der Waals surface area contributed by atoms with Gasteiger partial charge < -0.3 is 10.2 Å². The third kappa shape index (κ3) is 4.26. The first-order chi connectivity index (χ1) is 16.1. The van der Waals surface area contributed by atoms with Crippen LogP contribution in [0.15, 0.2) is 9.59 Å². The second-order valence-electron chi connectivity index (χ2n) is 10.9. The molecule has 3 aliphatic rings. The molecular formula is C27H38N2O4. The molecule has 2 N–H and O–H groups in total. The van der Waals surface area contributed by atoms with Crippen LogP contribution in [-0.4, -0.2) is 20.0 Å². The molecule has 6 heteroatoms. The zero-order valence-corrected chi connectivity index (χ0v) is 19.7. The molecule has 3 aliphatic carbocycles. The summed E-state index contributed by atoms with van der Waals surface area (Å²) in [5.41, 5.74) is -0.562. The van der Waals surface area contributed by atoms with Crippen molar-refractivity contribution < 1.29 is 10.2 Å². The minimum Gasteiger partial charge on any atom is -0.503 e. The van der Waals surface area contributed by atoms with Crippen LogP contribution in [0.3, 0.4) is 0 Å². The number of hydrogen-bond acceptors (Lipinski definition) is 5. The molecule has 0 saturated heterocycles. The van der Waals surface area contributed by atoms with Gasteiger partial charge in [0.15, 0.2) is 5.75 Å². The molecule has 0 radical (unpaired) electrons. The average molecular weight is 455 g/mol. The van der Waals surface area contributed by atoms with Gasteiger partial charge in [-0.1, -0.05) is 64.2 Å². The number of aromatic nitrogens is 2. The summed E-state index contributed by atoms with van der Waals surface area (Å²) >= 11 is 0. The summed E-state index contributed by atoms with van der Waals surface area (Å²) in [6.07, 6.45) is 18.6. The fourth-order valence-corrected chi connectivity index (χ4v) is 7.10. The van der Waals surface area contributed by atoms with Crippen molar-refractivity contribution in [1.29, 1.82) is 0 Å². The Balaban J connectivity index is 1.55. The molecule has 6 nitrogen and oxygen atoms in total. The van der Waals surface area contributed by atoms with Gasteiger partial charge in [-0.15, -0.1) is 0 Å². The SMILES string of the molecule is O=c1c(O)c(-c2c(CCC3CCCC3)nn(C(C3CCCCC3)C3CCCCC3)c2O)c1=O. The van der Waals surface area contributed by atoms with Crippen LogP contribution in [0.1, 0.15) is 108 Å². The van der Waals surface area contributed by atoms with Crippen molar-refractivity contribution in [3.63, 3.8) is 0 Å². The second kappa shape index (κ2) is 9.63. The smallest absolute Gasteiger partial charge is 0.268 e. The monoisotopic (exact) mass is 454 g/mol. The van der Waals surface area contributed by atoms with Gasteiger partial charge in [0.1, 0.15) is 0 Å². The third-order valence-corrected chi connectivity index (χ3v) is 8.90. The molecule has 0 atom stereocenters.